The summed E-state index contributed by atoms with van der Waals surface area (Å²) in [6, 6.07) is -0.393. The van der Waals surface area contributed by atoms with Gasteiger partial charge in [0, 0.05) is 17.8 Å². The van der Waals surface area contributed by atoms with E-state index in [1.807, 2.05) is 17.2 Å². The number of amides is 1. The van der Waals surface area contributed by atoms with Gasteiger partial charge in [-0.25, -0.2) is 15.0 Å². The van der Waals surface area contributed by atoms with Gasteiger partial charge in [0.2, 0.25) is 5.91 Å². The van der Waals surface area contributed by atoms with Crippen molar-refractivity contribution >= 4 is 34.4 Å². The van der Waals surface area contributed by atoms with Crippen LogP contribution in [0, 0.1) is 0 Å². The van der Waals surface area contributed by atoms with Gasteiger partial charge < -0.3 is 10.2 Å². The highest BCUT2D eigenvalue weighted by Gasteiger charge is 2.35. The summed E-state index contributed by atoms with van der Waals surface area (Å²) in [4.78, 5) is 28.0. The van der Waals surface area contributed by atoms with Crippen LogP contribution in [-0.4, -0.2) is 47.3 Å². The van der Waals surface area contributed by atoms with Crippen LogP contribution in [0.25, 0.3) is 22.1 Å². The molecule has 0 fully saturated rings. The molecule has 140 valence electrons. The van der Waals surface area contributed by atoms with Crippen LogP contribution in [0.3, 0.4) is 0 Å². The third-order valence-electron chi connectivity index (χ3n) is 4.54. The second-order valence-corrected chi connectivity index (χ2v) is 7.06. The largest absolute Gasteiger partial charge is 0.320 e. The molecule has 11 heteroatoms. The monoisotopic (exact) mass is 393 g/mol. The zero-order chi connectivity index (χ0) is 19.1. The standard InChI is InChI=1S/C17H15N9OS/c1-2-12-16(27)23-11-8-19-14(24-15(11)26(12)9-5-20-21-6-9)10-7-22-25-13(10)17-18-3-4-28-17/h3-8,12H,2H2,1H3,(H,20,21)(H,22,25)(H,23,27). The lowest BCUT2D eigenvalue weighted by atomic mass is 10.1. The summed E-state index contributed by atoms with van der Waals surface area (Å²) in [5, 5.41) is 19.5. The van der Waals surface area contributed by atoms with Gasteiger partial charge in [0.15, 0.2) is 11.6 Å². The predicted octanol–water partition coefficient (Wildman–Crippen LogP) is 2.58. The predicted molar refractivity (Wildman–Crippen MR) is 104 cm³/mol. The van der Waals surface area contributed by atoms with Crippen molar-refractivity contribution in [2.75, 3.05) is 10.2 Å². The molecule has 1 aliphatic heterocycles. The SMILES string of the molecule is CCC1C(=O)Nc2cnc(-c3cn[nH]c3-c3nccs3)nc2N1c1cn[nH]c1. The molecule has 28 heavy (non-hydrogen) atoms. The zero-order valence-corrected chi connectivity index (χ0v) is 15.6. The van der Waals surface area contributed by atoms with Crippen molar-refractivity contribution in [3.8, 4) is 22.1 Å². The third-order valence-corrected chi connectivity index (χ3v) is 5.33. The van der Waals surface area contributed by atoms with Crippen molar-refractivity contribution in [2.45, 2.75) is 19.4 Å². The minimum Gasteiger partial charge on any atom is -0.320 e. The molecular weight excluding hydrogens is 378 g/mol. The van der Waals surface area contributed by atoms with Crippen LogP contribution in [0.1, 0.15) is 13.3 Å². The number of nitrogens with zero attached hydrogens (tertiary/aromatic N) is 6. The number of nitrogens with one attached hydrogen (secondary N) is 3. The molecule has 0 saturated carbocycles. The maximum Gasteiger partial charge on any atom is 0.247 e. The zero-order valence-electron chi connectivity index (χ0n) is 14.7. The average Bonchev–Trinajstić information content (AvgIpc) is 3.48. The maximum absolute atomic E-state index is 12.6. The Bertz CT molecular complexity index is 1120. The van der Waals surface area contributed by atoms with E-state index in [2.05, 4.69) is 35.7 Å². The van der Waals surface area contributed by atoms with Crippen LogP contribution >= 0.6 is 11.3 Å². The van der Waals surface area contributed by atoms with Crippen LogP contribution in [0.15, 0.2) is 36.4 Å². The Morgan fingerprint density at radius 2 is 2.14 bits per heavy atom. The molecule has 3 N–H and O–H groups in total. The Labute approximate surface area is 163 Å². The number of hydrogen-bond acceptors (Lipinski definition) is 8. The Morgan fingerprint density at radius 3 is 2.89 bits per heavy atom. The van der Waals surface area contributed by atoms with E-state index < -0.39 is 6.04 Å². The molecule has 0 radical (unpaired) electrons. The quantitative estimate of drug-likeness (QED) is 0.486. The Balaban J connectivity index is 1.65. The third kappa shape index (κ3) is 2.55. The van der Waals surface area contributed by atoms with Crippen molar-refractivity contribution in [1.82, 2.24) is 35.3 Å². The topological polar surface area (TPSA) is 128 Å². The first-order valence-corrected chi connectivity index (χ1v) is 9.53. The van der Waals surface area contributed by atoms with Crippen LogP contribution < -0.4 is 10.2 Å². The molecule has 1 amide bonds. The van der Waals surface area contributed by atoms with Crippen LogP contribution in [-0.2, 0) is 4.79 Å². The molecule has 4 aromatic heterocycles. The lowest BCUT2D eigenvalue weighted by Gasteiger charge is -2.35. The summed E-state index contributed by atoms with van der Waals surface area (Å²) >= 11 is 1.50. The molecule has 0 bridgehead atoms. The molecule has 5 rings (SSSR count). The highest BCUT2D eigenvalue weighted by Crippen LogP contribution is 2.38. The molecule has 0 aliphatic carbocycles. The number of carbonyl (C=O) groups excluding carboxylic acids is 1. The number of anilines is 3. The van der Waals surface area contributed by atoms with Crippen molar-refractivity contribution < 1.29 is 4.79 Å². The summed E-state index contributed by atoms with van der Waals surface area (Å²) in [7, 11) is 0. The normalized spacial score (nSPS) is 16.1. The second kappa shape index (κ2) is 6.53. The van der Waals surface area contributed by atoms with E-state index in [1.165, 1.54) is 11.3 Å². The van der Waals surface area contributed by atoms with Gasteiger partial charge in [-0.3, -0.25) is 15.0 Å². The number of aromatic nitrogens is 7. The fraction of sp³-hybridized carbons (Fsp3) is 0.176. The van der Waals surface area contributed by atoms with Crippen LogP contribution in [0.4, 0.5) is 17.2 Å². The highest BCUT2D eigenvalue weighted by atomic mass is 32.1. The summed E-state index contributed by atoms with van der Waals surface area (Å²) in [5.41, 5.74) is 2.82. The summed E-state index contributed by atoms with van der Waals surface area (Å²) < 4.78 is 0. The first-order valence-electron chi connectivity index (χ1n) is 8.65. The van der Waals surface area contributed by atoms with E-state index in [0.29, 0.717) is 23.8 Å². The van der Waals surface area contributed by atoms with Gasteiger partial charge in [-0.1, -0.05) is 6.92 Å². The van der Waals surface area contributed by atoms with Gasteiger partial charge in [0.1, 0.15) is 22.4 Å². The van der Waals surface area contributed by atoms with E-state index in [-0.39, 0.29) is 5.91 Å². The van der Waals surface area contributed by atoms with Gasteiger partial charge in [0.05, 0.1) is 29.8 Å². The molecule has 1 unspecified atom stereocenters. The summed E-state index contributed by atoms with van der Waals surface area (Å²) in [6.45, 7) is 1.96. The van der Waals surface area contributed by atoms with Crippen LogP contribution in [0.2, 0.25) is 0 Å². The van der Waals surface area contributed by atoms with Crippen molar-refractivity contribution in [3.63, 3.8) is 0 Å². The highest BCUT2D eigenvalue weighted by molar-refractivity contribution is 7.13. The number of hydrogen-bond donors (Lipinski definition) is 3. The minimum absolute atomic E-state index is 0.0978. The van der Waals surface area contributed by atoms with E-state index in [1.54, 1.807) is 31.0 Å². The lowest BCUT2D eigenvalue weighted by molar-refractivity contribution is -0.117. The van der Waals surface area contributed by atoms with Crippen molar-refractivity contribution in [3.05, 3.63) is 36.4 Å². The van der Waals surface area contributed by atoms with Gasteiger partial charge in [0.25, 0.3) is 0 Å². The van der Waals surface area contributed by atoms with E-state index in [0.717, 1.165) is 22.0 Å². The molecule has 1 atom stereocenters. The molecule has 0 spiro atoms. The number of fused-ring (bicyclic) bond motifs is 1. The Kier molecular flexibility index (Phi) is 3.86. The van der Waals surface area contributed by atoms with Gasteiger partial charge in [-0.2, -0.15) is 10.2 Å². The summed E-state index contributed by atoms with van der Waals surface area (Å²) in [6.07, 6.45) is 9.07. The molecule has 0 saturated heterocycles. The van der Waals surface area contributed by atoms with Crippen molar-refractivity contribution in [1.29, 1.82) is 0 Å². The average molecular weight is 393 g/mol. The van der Waals surface area contributed by atoms with E-state index in [4.69, 9.17) is 4.98 Å². The van der Waals surface area contributed by atoms with Gasteiger partial charge in [-0.05, 0) is 6.42 Å². The molecule has 0 aromatic carbocycles. The smallest absolute Gasteiger partial charge is 0.247 e. The molecular formula is C17H15N9OS. The molecule has 5 heterocycles. The fourth-order valence-corrected chi connectivity index (χ4v) is 3.91. The number of thiazole rings is 1. The van der Waals surface area contributed by atoms with E-state index in [9.17, 15) is 4.79 Å². The molecule has 4 aromatic rings. The first kappa shape index (κ1) is 16.6. The van der Waals surface area contributed by atoms with Crippen molar-refractivity contribution in [2.24, 2.45) is 0 Å². The van der Waals surface area contributed by atoms with E-state index >= 15 is 0 Å². The van der Waals surface area contributed by atoms with Gasteiger partial charge in [-0.15, -0.1) is 11.3 Å². The number of aromatic amines is 2. The van der Waals surface area contributed by atoms with Gasteiger partial charge >= 0.3 is 0 Å². The Hall–Kier alpha value is -3.60. The number of H-pyrrole nitrogens is 2. The minimum atomic E-state index is -0.393. The fourth-order valence-electron chi connectivity index (χ4n) is 3.27. The Morgan fingerprint density at radius 1 is 1.21 bits per heavy atom. The lowest BCUT2D eigenvalue weighted by Crippen LogP contribution is -2.45. The number of rotatable bonds is 4. The molecule has 10 nitrogen and oxygen atoms in total. The summed E-state index contributed by atoms with van der Waals surface area (Å²) in [5.74, 6) is 1.01. The number of carbonyl (C=O) groups is 1. The maximum atomic E-state index is 12.6. The molecule has 1 aliphatic rings. The second-order valence-electron chi connectivity index (χ2n) is 6.17. The van der Waals surface area contributed by atoms with Crippen LogP contribution in [0.5, 0.6) is 0 Å². The first-order chi connectivity index (χ1) is 13.8.